The summed E-state index contributed by atoms with van der Waals surface area (Å²) in [4.78, 5) is 19.2. The molecule has 1 fully saturated rings. The Kier molecular flexibility index (Phi) is 7.11. The van der Waals surface area contributed by atoms with Gasteiger partial charge in [0.05, 0.1) is 42.0 Å². The molecule has 0 spiro atoms. The van der Waals surface area contributed by atoms with Crippen LogP contribution in [0.25, 0.3) is 5.69 Å². The smallest absolute Gasteiger partial charge is 0.339 e. The number of ether oxygens (including phenoxy) is 1. The van der Waals surface area contributed by atoms with Crippen molar-refractivity contribution < 1.29 is 17.9 Å². The number of pyridine rings is 1. The number of aryl methyl sites for hydroxylation is 1. The number of sulfonamides is 1. The Labute approximate surface area is 232 Å². The number of esters is 1. The van der Waals surface area contributed by atoms with Gasteiger partial charge in [0.25, 0.3) is 0 Å². The molecule has 200 valence electrons. The van der Waals surface area contributed by atoms with Crippen LogP contribution in [0, 0.1) is 6.92 Å². The van der Waals surface area contributed by atoms with Crippen molar-refractivity contribution in [2.45, 2.75) is 19.0 Å². The molecule has 1 aliphatic heterocycles. The quantitative estimate of drug-likeness (QED) is 0.251. The molecule has 5 rings (SSSR count). The summed E-state index contributed by atoms with van der Waals surface area (Å²) in [6.45, 7) is 1.84. The summed E-state index contributed by atoms with van der Waals surface area (Å²) in [7, 11) is -2.07. The van der Waals surface area contributed by atoms with E-state index in [2.05, 4.69) is 15.0 Å². The highest BCUT2D eigenvalue weighted by atomic mass is 32.2. The van der Waals surface area contributed by atoms with E-state index < -0.39 is 16.0 Å². The Bertz CT molecular complexity index is 1650. The minimum Gasteiger partial charge on any atom is -0.465 e. The van der Waals surface area contributed by atoms with Crippen LogP contribution in [0.15, 0.2) is 85.2 Å². The lowest BCUT2D eigenvalue weighted by atomic mass is 10.00. The Morgan fingerprint density at radius 2 is 1.85 bits per heavy atom. The van der Waals surface area contributed by atoms with Gasteiger partial charge in [0.2, 0.25) is 10.0 Å². The molecule has 2 N–H and O–H groups in total. The first-order chi connectivity index (χ1) is 18.7. The maximum atomic E-state index is 12.6. The van der Waals surface area contributed by atoms with Crippen LogP contribution in [0.3, 0.4) is 0 Å². The maximum absolute atomic E-state index is 12.6. The standard InChI is InChI=1S/C28H27N5O4S2/c1-18-17-19(13-14-21(18)31-39(3,35)36)33-26(25(30-28(33)38)22-10-6-7-15-29-22)24-12-8-16-32(24)23-11-5-4-9-20(23)27(34)37-2/h4-17,25-26,31H,1-3H3,(H,30,38)/t25-,26+/m0/s1. The normalized spacial score (nSPS) is 17.1. The Morgan fingerprint density at radius 3 is 2.54 bits per heavy atom. The van der Waals surface area contributed by atoms with Crippen LogP contribution in [-0.4, -0.2) is 42.4 Å². The second kappa shape index (κ2) is 10.5. The van der Waals surface area contributed by atoms with Crippen molar-refractivity contribution in [3.05, 3.63) is 108 Å². The number of aromatic nitrogens is 2. The molecular weight excluding hydrogens is 534 g/mol. The number of rotatable bonds is 7. The number of nitrogens with zero attached hydrogens (tertiary/aromatic N) is 3. The van der Waals surface area contributed by atoms with Gasteiger partial charge in [-0.25, -0.2) is 13.2 Å². The number of anilines is 2. The van der Waals surface area contributed by atoms with Crippen LogP contribution in [0.2, 0.25) is 0 Å². The molecule has 1 saturated heterocycles. The van der Waals surface area contributed by atoms with Gasteiger partial charge in [-0.05, 0) is 79.3 Å². The maximum Gasteiger partial charge on any atom is 0.339 e. The van der Waals surface area contributed by atoms with E-state index >= 15 is 0 Å². The summed E-state index contributed by atoms with van der Waals surface area (Å²) < 4.78 is 33.2. The Morgan fingerprint density at radius 1 is 1.08 bits per heavy atom. The fourth-order valence-corrected chi connectivity index (χ4v) is 5.84. The van der Waals surface area contributed by atoms with Crippen molar-refractivity contribution in [1.82, 2.24) is 14.9 Å². The van der Waals surface area contributed by atoms with Crippen molar-refractivity contribution in [2.24, 2.45) is 0 Å². The molecule has 2 aromatic heterocycles. The molecule has 0 saturated carbocycles. The lowest BCUT2D eigenvalue weighted by Crippen LogP contribution is -2.30. The van der Waals surface area contributed by atoms with Crippen LogP contribution in [0.1, 0.15) is 39.4 Å². The third kappa shape index (κ3) is 5.23. The lowest BCUT2D eigenvalue weighted by Gasteiger charge is -2.29. The molecule has 2 aromatic carbocycles. The molecule has 3 heterocycles. The SMILES string of the molecule is COC(=O)c1ccccc1-n1cccc1[C@@H]1[C@H](c2ccccn2)NC(=S)N1c1ccc(NS(C)(=O)=O)c(C)c1. The first kappa shape index (κ1) is 26.4. The third-order valence-electron chi connectivity index (χ3n) is 6.53. The van der Waals surface area contributed by atoms with Crippen LogP contribution in [0.5, 0.6) is 0 Å². The van der Waals surface area contributed by atoms with E-state index in [0.29, 0.717) is 22.1 Å². The molecule has 39 heavy (non-hydrogen) atoms. The van der Waals surface area contributed by atoms with E-state index in [1.807, 2.05) is 77.2 Å². The molecule has 4 aromatic rings. The molecule has 1 aliphatic rings. The van der Waals surface area contributed by atoms with Crippen molar-refractivity contribution in [2.75, 3.05) is 23.0 Å². The summed E-state index contributed by atoms with van der Waals surface area (Å²) in [5, 5.41) is 3.93. The predicted octanol–water partition coefficient (Wildman–Crippen LogP) is 4.52. The number of nitrogens with one attached hydrogen (secondary N) is 2. The lowest BCUT2D eigenvalue weighted by molar-refractivity contribution is 0.0600. The minimum absolute atomic E-state index is 0.313. The fraction of sp³-hybridized carbons (Fsp3) is 0.179. The summed E-state index contributed by atoms with van der Waals surface area (Å²) in [6.07, 6.45) is 4.76. The van der Waals surface area contributed by atoms with Gasteiger partial charge in [-0.15, -0.1) is 0 Å². The average molecular weight is 562 g/mol. The summed E-state index contributed by atoms with van der Waals surface area (Å²) in [5.41, 5.74) is 4.78. The summed E-state index contributed by atoms with van der Waals surface area (Å²) in [6, 6.07) is 21.7. The van der Waals surface area contributed by atoms with Crippen molar-refractivity contribution in [3.63, 3.8) is 0 Å². The molecule has 0 amide bonds. The zero-order valence-corrected chi connectivity index (χ0v) is 23.2. The number of hydrogen-bond donors (Lipinski definition) is 2. The van der Waals surface area contributed by atoms with Crippen LogP contribution in [0.4, 0.5) is 11.4 Å². The second-order valence-electron chi connectivity index (χ2n) is 9.18. The number of carbonyl (C=O) groups is 1. The number of hydrogen-bond acceptors (Lipinski definition) is 6. The van der Waals surface area contributed by atoms with Crippen molar-refractivity contribution in [1.29, 1.82) is 0 Å². The number of carbonyl (C=O) groups excluding carboxylic acids is 1. The van der Waals surface area contributed by atoms with Crippen molar-refractivity contribution in [3.8, 4) is 5.69 Å². The topological polar surface area (TPSA) is 106 Å². The molecular formula is C28H27N5O4S2. The van der Waals surface area contributed by atoms with E-state index in [1.54, 1.807) is 24.4 Å². The number of thiocarbonyl (C=S) groups is 1. The summed E-state index contributed by atoms with van der Waals surface area (Å²) >= 11 is 5.85. The monoisotopic (exact) mass is 561 g/mol. The zero-order valence-electron chi connectivity index (χ0n) is 21.5. The Hall–Kier alpha value is -4.22. The number of methoxy groups -OCH3 is 1. The van der Waals surface area contributed by atoms with Crippen molar-refractivity contribution >= 4 is 44.7 Å². The Balaban J connectivity index is 1.66. The number of benzene rings is 2. The molecule has 9 nitrogen and oxygen atoms in total. The molecule has 0 unspecified atom stereocenters. The average Bonchev–Trinajstić information content (AvgIpc) is 3.53. The second-order valence-corrected chi connectivity index (χ2v) is 11.3. The molecule has 0 bridgehead atoms. The van der Waals surface area contributed by atoms with Gasteiger partial charge in [-0.3, -0.25) is 9.71 Å². The van der Waals surface area contributed by atoms with Gasteiger partial charge in [0.15, 0.2) is 5.11 Å². The third-order valence-corrected chi connectivity index (χ3v) is 7.44. The van der Waals surface area contributed by atoms with Crippen LogP contribution in [-0.2, 0) is 14.8 Å². The van der Waals surface area contributed by atoms with Crippen LogP contribution < -0.4 is 14.9 Å². The first-order valence-corrected chi connectivity index (χ1v) is 14.4. The molecule has 0 aliphatic carbocycles. The van der Waals surface area contributed by atoms with Gasteiger partial charge in [0, 0.05) is 23.8 Å². The highest BCUT2D eigenvalue weighted by Crippen LogP contribution is 2.43. The van der Waals surface area contributed by atoms with E-state index in [9.17, 15) is 13.2 Å². The highest BCUT2D eigenvalue weighted by Gasteiger charge is 2.42. The summed E-state index contributed by atoms with van der Waals surface area (Å²) in [5.74, 6) is -0.437. The van der Waals surface area contributed by atoms with Gasteiger partial charge < -0.3 is 19.5 Å². The van der Waals surface area contributed by atoms with E-state index in [1.165, 1.54) is 7.11 Å². The van der Waals surface area contributed by atoms with Gasteiger partial charge >= 0.3 is 5.97 Å². The van der Waals surface area contributed by atoms with Gasteiger partial charge in [-0.2, -0.15) is 0 Å². The largest absolute Gasteiger partial charge is 0.465 e. The first-order valence-electron chi connectivity index (χ1n) is 12.1. The number of para-hydroxylation sites is 1. The van der Waals surface area contributed by atoms with E-state index in [4.69, 9.17) is 17.0 Å². The minimum atomic E-state index is -3.43. The fourth-order valence-electron chi connectivity index (χ4n) is 4.87. The predicted molar refractivity (Wildman–Crippen MR) is 155 cm³/mol. The molecule has 2 atom stereocenters. The van der Waals surface area contributed by atoms with E-state index in [-0.39, 0.29) is 12.1 Å². The molecule has 11 heteroatoms. The zero-order chi connectivity index (χ0) is 27.7. The van der Waals surface area contributed by atoms with Gasteiger partial charge in [0.1, 0.15) is 6.04 Å². The van der Waals surface area contributed by atoms with Gasteiger partial charge in [-0.1, -0.05) is 18.2 Å². The molecule has 0 radical (unpaired) electrons. The van der Waals surface area contributed by atoms with E-state index in [0.717, 1.165) is 28.9 Å². The highest BCUT2D eigenvalue weighted by molar-refractivity contribution is 7.92. The van der Waals surface area contributed by atoms with Crippen LogP contribution >= 0.6 is 12.2 Å².